The van der Waals surface area contributed by atoms with Gasteiger partial charge in [-0.15, -0.1) is 0 Å². The fourth-order valence-corrected chi connectivity index (χ4v) is 3.75. The molecule has 1 atom stereocenters. The maximum absolute atomic E-state index is 12.4. The number of hydrogen-bond acceptors (Lipinski definition) is 6. The highest BCUT2D eigenvalue weighted by molar-refractivity contribution is 9.10. The number of methoxy groups -OCH3 is 2. The van der Waals surface area contributed by atoms with Crippen LogP contribution in [0.4, 0.5) is 0 Å². The zero-order valence-electron chi connectivity index (χ0n) is 19.9. The van der Waals surface area contributed by atoms with Gasteiger partial charge in [-0.05, 0) is 82.5 Å². The van der Waals surface area contributed by atoms with Crippen LogP contribution in [0.1, 0.15) is 28.4 Å². The number of rotatable bonds is 10. The smallest absolute Gasteiger partial charge is 0.262 e. The summed E-state index contributed by atoms with van der Waals surface area (Å²) in [5.74, 6) is 0.806. The summed E-state index contributed by atoms with van der Waals surface area (Å²) in [5, 5.41) is 7.28. The average Bonchev–Trinajstić information content (AvgIpc) is 2.88. The first-order valence-corrected chi connectivity index (χ1v) is 12.0. The molecule has 2 N–H and O–H groups in total. The van der Waals surface area contributed by atoms with Gasteiger partial charge in [0.05, 0.1) is 24.9 Å². The molecule has 0 bridgehead atoms. The second-order valence-corrected chi connectivity index (χ2v) is 8.90. The summed E-state index contributed by atoms with van der Waals surface area (Å²) < 4.78 is 17.1. The summed E-state index contributed by atoms with van der Waals surface area (Å²) in [6.07, 6.45) is 1.46. The molecule has 188 valence electrons. The summed E-state index contributed by atoms with van der Waals surface area (Å²) in [6.45, 7) is 1.90. The summed E-state index contributed by atoms with van der Waals surface area (Å²) in [6, 6.07) is 16.6. The van der Waals surface area contributed by atoms with Crippen LogP contribution in [-0.4, -0.2) is 38.3 Å². The first kappa shape index (κ1) is 27.0. The quantitative estimate of drug-likeness (QED) is 0.263. The van der Waals surface area contributed by atoms with E-state index in [0.29, 0.717) is 44.5 Å². The van der Waals surface area contributed by atoms with Crippen LogP contribution in [0.3, 0.4) is 0 Å². The van der Waals surface area contributed by atoms with Crippen molar-refractivity contribution in [1.82, 2.24) is 10.7 Å². The number of nitrogens with one attached hydrogen (secondary N) is 2. The van der Waals surface area contributed by atoms with Gasteiger partial charge in [0.15, 0.2) is 11.5 Å². The van der Waals surface area contributed by atoms with Gasteiger partial charge < -0.3 is 19.5 Å². The van der Waals surface area contributed by atoms with Gasteiger partial charge in [0, 0.05) is 10.6 Å². The Hall–Kier alpha value is -3.56. The van der Waals surface area contributed by atoms with Crippen LogP contribution in [0.15, 0.2) is 70.2 Å². The Morgan fingerprint density at radius 1 is 1.06 bits per heavy atom. The van der Waals surface area contributed by atoms with Gasteiger partial charge in [0.25, 0.3) is 11.8 Å². The Balaban J connectivity index is 1.58. The normalized spacial score (nSPS) is 11.6. The van der Waals surface area contributed by atoms with Crippen LogP contribution in [0, 0.1) is 0 Å². The highest BCUT2D eigenvalue weighted by Gasteiger charge is 2.16. The van der Waals surface area contributed by atoms with Crippen LogP contribution in [0.5, 0.6) is 17.2 Å². The number of carbonyl (C=O) groups is 2. The van der Waals surface area contributed by atoms with Gasteiger partial charge in [-0.25, -0.2) is 5.43 Å². The molecule has 1 unspecified atom stereocenters. The molecule has 0 aromatic heterocycles. The largest absolute Gasteiger partial charge is 0.497 e. The number of amides is 2. The third-order valence-electron chi connectivity index (χ3n) is 5.03. The van der Waals surface area contributed by atoms with E-state index in [1.54, 1.807) is 62.6 Å². The molecule has 0 aliphatic carbocycles. The van der Waals surface area contributed by atoms with Gasteiger partial charge in [-0.1, -0.05) is 23.7 Å². The predicted molar refractivity (Wildman–Crippen MR) is 142 cm³/mol. The van der Waals surface area contributed by atoms with E-state index in [9.17, 15) is 9.59 Å². The van der Waals surface area contributed by atoms with E-state index in [-0.39, 0.29) is 5.91 Å². The molecule has 10 heteroatoms. The van der Waals surface area contributed by atoms with Gasteiger partial charge >= 0.3 is 0 Å². The number of nitrogens with zero attached hydrogens (tertiary/aromatic N) is 1. The predicted octanol–water partition coefficient (Wildman–Crippen LogP) is 4.97. The lowest BCUT2D eigenvalue weighted by molar-refractivity contribution is -0.122. The van der Waals surface area contributed by atoms with Crippen molar-refractivity contribution in [3.05, 3.63) is 86.8 Å². The third-order valence-corrected chi connectivity index (χ3v) is 5.87. The van der Waals surface area contributed by atoms with Crippen molar-refractivity contribution in [2.24, 2.45) is 5.10 Å². The summed E-state index contributed by atoms with van der Waals surface area (Å²) >= 11 is 9.42. The van der Waals surface area contributed by atoms with E-state index in [2.05, 4.69) is 31.8 Å². The number of benzene rings is 3. The van der Waals surface area contributed by atoms with Crippen LogP contribution < -0.4 is 25.0 Å². The molecule has 0 aliphatic rings. The number of hydrazone groups is 1. The van der Waals surface area contributed by atoms with E-state index in [1.165, 1.54) is 13.3 Å². The minimum absolute atomic E-state index is 0.329. The molecule has 8 nitrogen and oxygen atoms in total. The molecular weight excluding hydrogens is 550 g/mol. The maximum Gasteiger partial charge on any atom is 0.262 e. The number of ether oxygens (including phenoxy) is 3. The first-order valence-electron chi connectivity index (χ1n) is 10.8. The monoisotopic (exact) mass is 573 g/mol. The highest BCUT2D eigenvalue weighted by Crippen LogP contribution is 2.37. The number of hydrogen-bond donors (Lipinski definition) is 2. The molecule has 3 aromatic carbocycles. The first-order chi connectivity index (χ1) is 17.3. The Morgan fingerprint density at radius 2 is 1.75 bits per heavy atom. The van der Waals surface area contributed by atoms with Crippen molar-refractivity contribution in [1.29, 1.82) is 0 Å². The molecule has 0 radical (unpaired) electrons. The maximum atomic E-state index is 12.4. The molecular formula is C26H25BrClN3O5. The fourth-order valence-electron chi connectivity index (χ4n) is 3.05. The van der Waals surface area contributed by atoms with Crippen molar-refractivity contribution in [2.75, 3.05) is 14.2 Å². The molecule has 0 aliphatic heterocycles. The Morgan fingerprint density at radius 3 is 2.39 bits per heavy atom. The number of halogens is 2. The lowest BCUT2D eigenvalue weighted by Gasteiger charge is -2.14. The van der Waals surface area contributed by atoms with Crippen LogP contribution in [-0.2, 0) is 11.4 Å². The van der Waals surface area contributed by atoms with Gasteiger partial charge in [-0.2, -0.15) is 5.10 Å². The third kappa shape index (κ3) is 7.47. The minimum Gasteiger partial charge on any atom is -0.497 e. The standard InChI is InChI=1S/C26H25BrClN3O5/c1-16(30-26(33)19-6-10-21(34-2)11-7-19)25(32)31-29-14-18-12-22(27)24(23(13-18)35-3)36-15-17-4-8-20(28)9-5-17/h4-14,16H,15H2,1-3H3,(H,30,33)(H,31,32). The summed E-state index contributed by atoms with van der Waals surface area (Å²) in [7, 11) is 3.08. The Bertz CT molecular complexity index is 1230. The second-order valence-electron chi connectivity index (χ2n) is 7.61. The highest BCUT2D eigenvalue weighted by atomic mass is 79.9. The fraction of sp³-hybridized carbons (Fsp3) is 0.192. The van der Waals surface area contributed by atoms with Crippen molar-refractivity contribution >= 4 is 45.6 Å². The molecule has 0 fully saturated rings. The lowest BCUT2D eigenvalue weighted by atomic mass is 10.2. The topological polar surface area (TPSA) is 98.2 Å². The van der Waals surface area contributed by atoms with Gasteiger partial charge in [0.2, 0.25) is 0 Å². The molecule has 3 rings (SSSR count). The van der Waals surface area contributed by atoms with Crippen molar-refractivity contribution in [3.63, 3.8) is 0 Å². The SMILES string of the molecule is COc1ccc(C(=O)NC(C)C(=O)NN=Cc2cc(Br)c(OCc3ccc(Cl)cc3)c(OC)c2)cc1. The van der Waals surface area contributed by atoms with Crippen LogP contribution >= 0.6 is 27.5 Å². The molecule has 0 heterocycles. The molecule has 36 heavy (non-hydrogen) atoms. The summed E-state index contributed by atoms with van der Waals surface area (Å²) in [5.41, 5.74) is 4.45. The zero-order valence-corrected chi connectivity index (χ0v) is 22.2. The van der Waals surface area contributed by atoms with E-state index >= 15 is 0 Å². The molecule has 2 amide bonds. The van der Waals surface area contributed by atoms with Crippen molar-refractivity contribution in [2.45, 2.75) is 19.6 Å². The second kappa shape index (κ2) is 12.9. The Kier molecular flexibility index (Phi) is 9.72. The molecule has 0 saturated heterocycles. The van der Waals surface area contributed by atoms with Crippen molar-refractivity contribution < 1.29 is 23.8 Å². The van der Waals surface area contributed by atoms with E-state index in [1.807, 2.05) is 12.1 Å². The molecule has 0 saturated carbocycles. The van der Waals surface area contributed by atoms with E-state index < -0.39 is 11.9 Å². The molecule has 3 aromatic rings. The van der Waals surface area contributed by atoms with Crippen LogP contribution in [0.25, 0.3) is 0 Å². The minimum atomic E-state index is -0.804. The van der Waals surface area contributed by atoms with Gasteiger partial charge in [-0.3, -0.25) is 9.59 Å². The van der Waals surface area contributed by atoms with Crippen molar-refractivity contribution in [3.8, 4) is 17.2 Å². The summed E-state index contributed by atoms with van der Waals surface area (Å²) in [4.78, 5) is 24.7. The molecule has 0 spiro atoms. The van der Waals surface area contributed by atoms with Gasteiger partial charge in [0.1, 0.15) is 18.4 Å². The van der Waals surface area contributed by atoms with Crippen LogP contribution in [0.2, 0.25) is 5.02 Å². The van der Waals surface area contributed by atoms with E-state index in [0.717, 1.165) is 5.56 Å². The van der Waals surface area contributed by atoms with E-state index in [4.69, 9.17) is 25.8 Å². The Labute approximate surface area is 222 Å². The zero-order chi connectivity index (χ0) is 26.1. The lowest BCUT2D eigenvalue weighted by Crippen LogP contribution is -2.43. The average molecular weight is 575 g/mol. The number of carbonyl (C=O) groups excluding carboxylic acids is 2.